The van der Waals surface area contributed by atoms with E-state index < -0.39 is 5.91 Å². The molecule has 0 saturated carbocycles. The molecule has 5 heteroatoms. The first kappa shape index (κ1) is 23.6. The van der Waals surface area contributed by atoms with E-state index in [0.717, 1.165) is 27.9 Å². The van der Waals surface area contributed by atoms with E-state index in [1.54, 1.807) is 31.4 Å². The number of rotatable bonds is 7. The van der Waals surface area contributed by atoms with Crippen molar-refractivity contribution in [1.82, 2.24) is 0 Å². The van der Waals surface area contributed by atoms with Crippen molar-refractivity contribution < 1.29 is 14.3 Å². The molecular weight excluding hydrogens is 412 g/mol. The second kappa shape index (κ2) is 10.5. The summed E-state index contributed by atoms with van der Waals surface area (Å²) >= 11 is 0. The summed E-state index contributed by atoms with van der Waals surface area (Å²) in [4.78, 5) is 12.8. The lowest BCUT2D eigenvalue weighted by atomic mass is 10.0. The van der Waals surface area contributed by atoms with Crippen molar-refractivity contribution in [1.29, 1.82) is 5.26 Å². The number of amides is 1. The zero-order valence-electron chi connectivity index (χ0n) is 19.7. The second-order valence-electron chi connectivity index (χ2n) is 8.08. The van der Waals surface area contributed by atoms with Gasteiger partial charge in [-0.25, -0.2) is 0 Å². The average Bonchev–Trinajstić information content (AvgIpc) is 2.79. The fourth-order valence-corrected chi connectivity index (χ4v) is 3.61. The SMILES string of the molecule is COc1cc(C=C(C#N)C(=O)Nc2c(C)cc(C)cc2C)ccc1OCc1ccc(C)cc1. The Morgan fingerprint density at radius 1 is 0.939 bits per heavy atom. The van der Waals surface area contributed by atoms with Crippen LogP contribution < -0.4 is 14.8 Å². The molecule has 3 aromatic rings. The van der Waals surface area contributed by atoms with Crippen molar-refractivity contribution >= 4 is 17.7 Å². The standard InChI is InChI=1S/C28H28N2O3/c1-18-6-8-22(9-7-18)17-33-25-11-10-23(15-26(25)32-5)14-24(16-29)28(31)30-27-20(3)12-19(2)13-21(27)4/h6-15H,17H2,1-5H3,(H,30,31). The van der Waals surface area contributed by atoms with E-state index >= 15 is 0 Å². The van der Waals surface area contributed by atoms with Crippen LogP contribution in [0, 0.1) is 39.0 Å². The molecule has 1 N–H and O–H groups in total. The zero-order valence-corrected chi connectivity index (χ0v) is 19.7. The van der Waals surface area contributed by atoms with Gasteiger partial charge in [0.15, 0.2) is 11.5 Å². The number of methoxy groups -OCH3 is 1. The largest absolute Gasteiger partial charge is 0.493 e. The van der Waals surface area contributed by atoms with E-state index in [1.807, 2.05) is 70.2 Å². The fraction of sp³-hybridized carbons (Fsp3) is 0.214. The molecule has 0 heterocycles. The fourth-order valence-electron chi connectivity index (χ4n) is 3.61. The van der Waals surface area contributed by atoms with Gasteiger partial charge >= 0.3 is 0 Å². The van der Waals surface area contributed by atoms with Crippen LogP contribution in [0.1, 0.15) is 33.4 Å². The molecule has 3 rings (SSSR count). The van der Waals surface area contributed by atoms with Gasteiger partial charge in [-0.1, -0.05) is 53.6 Å². The minimum atomic E-state index is -0.453. The van der Waals surface area contributed by atoms with Crippen LogP contribution >= 0.6 is 0 Å². The lowest BCUT2D eigenvalue weighted by molar-refractivity contribution is -0.112. The van der Waals surface area contributed by atoms with Gasteiger partial charge in [-0.05, 0) is 68.2 Å². The van der Waals surface area contributed by atoms with E-state index in [9.17, 15) is 10.1 Å². The van der Waals surface area contributed by atoms with Gasteiger partial charge in [-0.3, -0.25) is 4.79 Å². The molecule has 5 nitrogen and oxygen atoms in total. The monoisotopic (exact) mass is 440 g/mol. The Hall–Kier alpha value is -4.04. The Labute approximate surface area is 195 Å². The quantitative estimate of drug-likeness (QED) is 0.358. The molecular formula is C28H28N2O3. The van der Waals surface area contributed by atoms with Gasteiger partial charge in [0, 0.05) is 5.69 Å². The molecule has 0 atom stereocenters. The molecule has 0 radical (unpaired) electrons. The molecule has 0 aromatic heterocycles. The number of hydrogen-bond donors (Lipinski definition) is 1. The van der Waals surface area contributed by atoms with E-state index in [1.165, 1.54) is 5.56 Å². The van der Waals surface area contributed by atoms with Crippen molar-refractivity contribution in [2.75, 3.05) is 12.4 Å². The van der Waals surface area contributed by atoms with Gasteiger partial charge in [0.25, 0.3) is 5.91 Å². The van der Waals surface area contributed by atoms with Crippen LogP contribution in [-0.4, -0.2) is 13.0 Å². The van der Waals surface area contributed by atoms with E-state index in [4.69, 9.17) is 9.47 Å². The summed E-state index contributed by atoms with van der Waals surface area (Å²) < 4.78 is 11.4. The van der Waals surface area contributed by atoms with Crippen molar-refractivity contribution in [2.24, 2.45) is 0 Å². The summed E-state index contributed by atoms with van der Waals surface area (Å²) in [6.07, 6.45) is 1.54. The summed E-state index contributed by atoms with van der Waals surface area (Å²) in [6.45, 7) is 8.33. The minimum absolute atomic E-state index is 0.00440. The minimum Gasteiger partial charge on any atom is -0.493 e. The van der Waals surface area contributed by atoms with Crippen LogP contribution in [0.25, 0.3) is 6.08 Å². The Morgan fingerprint density at radius 3 is 2.21 bits per heavy atom. The predicted octanol–water partition coefficient (Wildman–Crippen LogP) is 6.05. The number of ether oxygens (including phenoxy) is 2. The third kappa shape index (κ3) is 6.02. The predicted molar refractivity (Wildman–Crippen MR) is 131 cm³/mol. The topological polar surface area (TPSA) is 71.3 Å². The van der Waals surface area contributed by atoms with Crippen LogP contribution in [0.5, 0.6) is 11.5 Å². The van der Waals surface area contributed by atoms with Crippen LogP contribution in [0.2, 0.25) is 0 Å². The number of carbonyl (C=O) groups excluding carboxylic acids is 1. The average molecular weight is 441 g/mol. The second-order valence-corrected chi connectivity index (χ2v) is 8.08. The van der Waals surface area contributed by atoms with Gasteiger partial charge in [-0.15, -0.1) is 0 Å². The summed E-state index contributed by atoms with van der Waals surface area (Å²) in [5.41, 5.74) is 6.67. The molecule has 0 aliphatic heterocycles. The van der Waals surface area contributed by atoms with E-state index in [2.05, 4.69) is 5.32 Å². The first-order valence-corrected chi connectivity index (χ1v) is 10.7. The van der Waals surface area contributed by atoms with Crippen molar-refractivity contribution in [3.8, 4) is 17.6 Å². The molecule has 0 bridgehead atoms. The Bertz CT molecular complexity index is 1210. The van der Waals surface area contributed by atoms with E-state index in [0.29, 0.717) is 23.7 Å². The third-order valence-electron chi connectivity index (χ3n) is 5.29. The highest BCUT2D eigenvalue weighted by Gasteiger charge is 2.14. The van der Waals surface area contributed by atoms with E-state index in [-0.39, 0.29) is 5.57 Å². The molecule has 0 fully saturated rings. The maximum absolute atomic E-state index is 12.8. The Balaban J connectivity index is 1.78. The molecule has 0 aliphatic carbocycles. The molecule has 0 spiro atoms. The van der Waals surface area contributed by atoms with Gasteiger partial charge < -0.3 is 14.8 Å². The number of benzene rings is 3. The highest BCUT2D eigenvalue weighted by Crippen LogP contribution is 2.30. The number of carbonyl (C=O) groups is 1. The third-order valence-corrected chi connectivity index (χ3v) is 5.29. The van der Waals surface area contributed by atoms with Gasteiger partial charge in [-0.2, -0.15) is 5.26 Å². The Kier molecular flexibility index (Phi) is 7.53. The lowest BCUT2D eigenvalue weighted by Crippen LogP contribution is -2.15. The normalized spacial score (nSPS) is 11.0. The number of nitrogens with one attached hydrogen (secondary N) is 1. The molecule has 168 valence electrons. The van der Waals surface area contributed by atoms with Crippen molar-refractivity contribution in [3.63, 3.8) is 0 Å². The first-order valence-electron chi connectivity index (χ1n) is 10.7. The van der Waals surface area contributed by atoms with Crippen LogP contribution in [0.4, 0.5) is 5.69 Å². The number of nitriles is 1. The summed E-state index contributed by atoms with van der Waals surface area (Å²) in [5.74, 6) is 0.661. The number of nitrogens with zero attached hydrogens (tertiary/aromatic N) is 1. The van der Waals surface area contributed by atoms with Crippen LogP contribution in [-0.2, 0) is 11.4 Å². The smallest absolute Gasteiger partial charge is 0.266 e. The maximum atomic E-state index is 12.8. The zero-order chi connectivity index (χ0) is 24.0. The van der Waals surface area contributed by atoms with Gasteiger partial charge in [0.05, 0.1) is 7.11 Å². The van der Waals surface area contributed by atoms with Gasteiger partial charge in [0.1, 0.15) is 18.2 Å². The summed E-state index contributed by atoms with van der Waals surface area (Å²) in [6, 6.07) is 19.4. The summed E-state index contributed by atoms with van der Waals surface area (Å²) in [5, 5.41) is 12.5. The molecule has 0 saturated heterocycles. The maximum Gasteiger partial charge on any atom is 0.266 e. The van der Waals surface area contributed by atoms with Crippen LogP contribution in [0.3, 0.4) is 0 Å². The number of aryl methyl sites for hydroxylation is 4. The number of hydrogen-bond acceptors (Lipinski definition) is 4. The highest BCUT2D eigenvalue weighted by atomic mass is 16.5. The highest BCUT2D eigenvalue weighted by molar-refractivity contribution is 6.10. The molecule has 1 amide bonds. The number of anilines is 1. The molecule has 0 aliphatic rings. The Morgan fingerprint density at radius 2 is 1.61 bits per heavy atom. The molecule has 3 aromatic carbocycles. The van der Waals surface area contributed by atoms with Crippen LogP contribution in [0.15, 0.2) is 60.2 Å². The lowest BCUT2D eigenvalue weighted by Gasteiger charge is -2.13. The molecule has 33 heavy (non-hydrogen) atoms. The first-order chi connectivity index (χ1) is 15.8. The van der Waals surface area contributed by atoms with Crippen molar-refractivity contribution in [3.05, 3.63) is 93.6 Å². The van der Waals surface area contributed by atoms with Gasteiger partial charge in [0.2, 0.25) is 0 Å². The van der Waals surface area contributed by atoms with Crippen molar-refractivity contribution in [2.45, 2.75) is 34.3 Å². The summed E-state index contributed by atoms with van der Waals surface area (Å²) in [7, 11) is 1.56. The molecule has 0 unspecified atom stereocenters.